The summed E-state index contributed by atoms with van der Waals surface area (Å²) in [6.07, 6.45) is 1.69. The highest BCUT2D eigenvalue weighted by Crippen LogP contribution is 2.07. The monoisotopic (exact) mass is 167 g/mol. The first-order valence-electron chi connectivity index (χ1n) is 3.79. The fourth-order valence-corrected chi connectivity index (χ4v) is 0.887. The van der Waals surface area contributed by atoms with E-state index >= 15 is 0 Å². The minimum Gasteiger partial charge on any atom is -0.459 e. The Morgan fingerprint density at radius 3 is 3.17 bits per heavy atom. The van der Waals surface area contributed by atoms with Crippen LogP contribution < -0.4 is 5.32 Å². The van der Waals surface area contributed by atoms with Gasteiger partial charge in [-0.1, -0.05) is 0 Å². The third-order valence-electron chi connectivity index (χ3n) is 1.64. The van der Waals surface area contributed by atoms with Crippen molar-refractivity contribution in [2.75, 3.05) is 13.2 Å². The molecule has 1 fully saturated rings. The molecule has 0 saturated carbocycles. The first-order chi connectivity index (χ1) is 5.86. The summed E-state index contributed by atoms with van der Waals surface area (Å²) in [5, 5.41) is 2.69. The van der Waals surface area contributed by atoms with E-state index in [1.165, 1.54) is 6.26 Å². The van der Waals surface area contributed by atoms with E-state index < -0.39 is 0 Å². The highest BCUT2D eigenvalue weighted by atomic mass is 16.6. The van der Waals surface area contributed by atoms with Crippen molar-refractivity contribution in [3.63, 3.8) is 0 Å². The van der Waals surface area contributed by atoms with Crippen LogP contribution in [0.4, 0.5) is 0 Å². The summed E-state index contributed by atoms with van der Waals surface area (Å²) in [5.41, 5.74) is 0. The predicted molar refractivity (Wildman–Crippen MR) is 40.8 cm³/mol. The van der Waals surface area contributed by atoms with Gasteiger partial charge >= 0.3 is 0 Å². The molecule has 2 rings (SSSR count). The van der Waals surface area contributed by atoms with Crippen LogP contribution in [0.25, 0.3) is 0 Å². The van der Waals surface area contributed by atoms with Gasteiger partial charge in [-0.05, 0) is 12.1 Å². The summed E-state index contributed by atoms with van der Waals surface area (Å²) in [4.78, 5) is 11.2. The average molecular weight is 167 g/mol. The van der Waals surface area contributed by atoms with Crippen molar-refractivity contribution in [1.29, 1.82) is 0 Å². The molecule has 1 N–H and O–H groups in total. The van der Waals surface area contributed by atoms with Gasteiger partial charge in [0.15, 0.2) is 5.76 Å². The molecule has 4 nitrogen and oxygen atoms in total. The molecule has 1 aliphatic heterocycles. The van der Waals surface area contributed by atoms with Gasteiger partial charge in [-0.25, -0.2) is 0 Å². The van der Waals surface area contributed by atoms with E-state index in [1.807, 2.05) is 0 Å². The third-order valence-corrected chi connectivity index (χ3v) is 1.64. The van der Waals surface area contributed by atoms with Crippen LogP contribution in [0.15, 0.2) is 22.8 Å². The third kappa shape index (κ3) is 1.65. The Balaban J connectivity index is 1.83. The molecule has 0 spiro atoms. The van der Waals surface area contributed by atoms with Gasteiger partial charge in [0.1, 0.15) is 0 Å². The zero-order valence-electron chi connectivity index (χ0n) is 6.45. The summed E-state index contributed by atoms with van der Waals surface area (Å²) in [6.45, 7) is 1.32. The highest BCUT2D eigenvalue weighted by molar-refractivity contribution is 5.91. The average Bonchev–Trinajstić information content (AvgIpc) is 2.74. The molecule has 4 heteroatoms. The minimum absolute atomic E-state index is 0.185. The van der Waals surface area contributed by atoms with Crippen molar-refractivity contribution in [3.8, 4) is 0 Å². The van der Waals surface area contributed by atoms with E-state index in [2.05, 4.69) is 5.32 Å². The first kappa shape index (κ1) is 7.36. The number of carbonyl (C=O) groups excluding carboxylic acids is 1. The van der Waals surface area contributed by atoms with Gasteiger partial charge in [0.2, 0.25) is 0 Å². The Hall–Kier alpha value is -1.29. The molecule has 0 unspecified atom stereocenters. The van der Waals surface area contributed by atoms with Crippen LogP contribution in [0.3, 0.4) is 0 Å². The number of ether oxygens (including phenoxy) is 1. The quantitative estimate of drug-likeness (QED) is 0.663. The van der Waals surface area contributed by atoms with Crippen LogP contribution in [0.2, 0.25) is 0 Å². The van der Waals surface area contributed by atoms with Crippen LogP contribution in [-0.4, -0.2) is 25.2 Å². The Labute approximate surface area is 69.5 Å². The maximum Gasteiger partial charge on any atom is 0.287 e. The Bertz CT molecular complexity index is 264. The molecular weight excluding hydrogens is 158 g/mol. The number of hydrogen-bond acceptors (Lipinski definition) is 3. The van der Waals surface area contributed by atoms with Crippen LogP contribution in [0, 0.1) is 0 Å². The molecular formula is C8H9NO3. The zero-order valence-corrected chi connectivity index (χ0v) is 6.45. The van der Waals surface area contributed by atoms with E-state index in [9.17, 15) is 4.79 Å². The van der Waals surface area contributed by atoms with Gasteiger partial charge in [0.25, 0.3) is 5.91 Å². The molecule has 0 aromatic carbocycles. The maximum atomic E-state index is 11.2. The summed E-state index contributed by atoms with van der Waals surface area (Å²) in [5.74, 6) is 0.158. The molecule has 12 heavy (non-hydrogen) atoms. The lowest BCUT2D eigenvalue weighted by Crippen LogP contribution is -2.26. The number of nitrogens with one attached hydrogen (secondary N) is 1. The molecule has 1 aliphatic rings. The predicted octanol–water partition coefficient (Wildman–Crippen LogP) is 0.408. The molecule has 1 saturated heterocycles. The zero-order chi connectivity index (χ0) is 8.39. The number of hydrogen-bond donors (Lipinski definition) is 1. The summed E-state index contributed by atoms with van der Waals surface area (Å²) < 4.78 is 9.83. The lowest BCUT2D eigenvalue weighted by Gasteiger charge is -1.98. The molecule has 1 atom stereocenters. The van der Waals surface area contributed by atoms with Crippen molar-refractivity contribution in [3.05, 3.63) is 24.2 Å². The fourth-order valence-electron chi connectivity index (χ4n) is 0.887. The molecule has 1 aromatic heterocycles. The standard InChI is InChI=1S/C8H9NO3/c10-8(7-2-1-3-11-7)9-4-6-5-12-6/h1-3,6H,4-5H2,(H,9,10)/t6-/m1/s1. The smallest absolute Gasteiger partial charge is 0.287 e. The van der Waals surface area contributed by atoms with Crippen LogP contribution in [0.1, 0.15) is 10.6 Å². The van der Waals surface area contributed by atoms with Gasteiger partial charge in [-0.3, -0.25) is 4.79 Å². The molecule has 1 amide bonds. The van der Waals surface area contributed by atoms with Crippen LogP contribution in [-0.2, 0) is 4.74 Å². The molecule has 0 bridgehead atoms. The Kier molecular flexibility index (Phi) is 1.83. The highest BCUT2D eigenvalue weighted by Gasteiger charge is 2.23. The van der Waals surface area contributed by atoms with Crippen molar-refractivity contribution >= 4 is 5.91 Å². The Morgan fingerprint density at radius 2 is 2.58 bits per heavy atom. The van der Waals surface area contributed by atoms with Gasteiger partial charge in [-0.2, -0.15) is 0 Å². The normalized spacial score (nSPS) is 20.5. The van der Waals surface area contributed by atoms with Crippen LogP contribution >= 0.6 is 0 Å². The summed E-state index contributed by atoms with van der Waals surface area (Å²) in [7, 11) is 0. The molecule has 64 valence electrons. The minimum atomic E-state index is -0.185. The van der Waals surface area contributed by atoms with Gasteiger partial charge in [-0.15, -0.1) is 0 Å². The molecule has 0 radical (unpaired) electrons. The Morgan fingerprint density at radius 1 is 1.75 bits per heavy atom. The molecule has 0 aliphatic carbocycles. The second-order valence-electron chi connectivity index (χ2n) is 2.64. The van der Waals surface area contributed by atoms with E-state index in [1.54, 1.807) is 12.1 Å². The number of carbonyl (C=O) groups is 1. The topological polar surface area (TPSA) is 54.8 Å². The van der Waals surface area contributed by atoms with Gasteiger partial charge in [0.05, 0.1) is 19.0 Å². The van der Waals surface area contributed by atoms with E-state index in [-0.39, 0.29) is 12.0 Å². The lowest BCUT2D eigenvalue weighted by atomic mass is 10.4. The number of rotatable bonds is 3. The second-order valence-corrected chi connectivity index (χ2v) is 2.64. The van der Waals surface area contributed by atoms with Gasteiger partial charge in [0, 0.05) is 6.54 Å². The number of amides is 1. The fraction of sp³-hybridized carbons (Fsp3) is 0.375. The lowest BCUT2D eigenvalue weighted by molar-refractivity contribution is 0.0922. The van der Waals surface area contributed by atoms with E-state index in [4.69, 9.17) is 9.15 Å². The van der Waals surface area contributed by atoms with Crippen LogP contribution in [0.5, 0.6) is 0 Å². The first-order valence-corrected chi connectivity index (χ1v) is 3.79. The molecule has 2 heterocycles. The van der Waals surface area contributed by atoms with Gasteiger partial charge < -0.3 is 14.5 Å². The largest absolute Gasteiger partial charge is 0.459 e. The van der Waals surface area contributed by atoms with E-state index in [0.717, 1.165) is 6.61 Å². The van der Waals surface area contributed by atoms with Crippen molar-refractivity contribution in [2.24, 2.45) is 0 Å². The number of epoxide rings is 1. The SMILES string of the molecule is O=C(NC[C@@H]1CO1)c1ccco1. The second kappa shape index (κ2) is 2.98. The van der Waals surface area contributed by atoms with Crippen molar-refractivity contribution in [1.82, 2.24) is 5.32 Å². The van der Waals surface area contributed by atoms with E-state index in [0.29, 0.717) is 12.3 Å². The summed E-state index contributed by atoms with van der Waals surface area (Å²) >= 11 is 0. The molecule has 1 aromatic rings. The summed E-state index contributed by atoms with van der Waals surface area (Å²) in [6, 6.07) is 3.31. The van der Waals surface area contributed by atoms with Crippen molar-refractivity contribution < 1.29 is 13.9 Å². The van der Waals surface area contributed by atoms with Crippen molar-refractivity contribution in [2.45, 2.75) is 6.10 Å². The number of furan rings is 1. The maximum absolute atomic E-state index is 11.2.